The van der Waals surface area contributed by atoms with Crippen LogP contribution in [0.25, 0.3) is 0 Å². The summed E-state index contributed by atoms with van der Waals surface area (Å²) in [5, 5.41) is 1.82. The zero-order valence-electron chi connectivity index (χ0n) is 9.19. The highest BCUT2D eigenvalue weighted by Gasteiger charge is 2.22. The third kappa shape index (κ3) is 2.90. The van der Waals surface area contributed by atoms with Gasteiger partial charge in [-0.1, -0.05) is 0 Å². The molecule has 2 fully saturated rings. The largest absolute Gasteiger partial charge is 0.342 e. The van der Waals surface area contributed by atoms with Crippen LogP contribution in [0.15, 0.2) is 0 Å². The van der Waals surface area contributed by atoms with Gasteiger partial charge < -0.3 is 4.90 Å². The molecule has 2 aliphatic rings. The summed E-state index contributed by atoms with van der Waals surface area (Å²) in [6, 6.07) is 0. The maximum absolute atomic E-state index is 11.8. The van der Waals surface area contributed by atoms with Gasteiger partial charge in [0, 0.05) is 39.3 Å². The number of hydrogen-bond acceptors (Lipinski definition) is 4. The third-order valence-electron chi connectivity index (χ3n) is 3.22. The summed E-state index contributed by atoms with van der Waals surface area (Å²) in [6.45, 7) is 6.05. The predicted octanol–water partition coefficient (Wildman–Crippen LogP) is -0.900. The third-order valence-corrected chi connectivity index (χ3v) is 3.22. The normalized spacial score (nSPS) is 24.7. The fourth-order valence-electron chi connectivity index (χ4n) is 2.18. The Morgan fingerprint density at radius 1 is 1.00 bits per heavy atom. The summed E-state index contributed by atoms with van der Waals surface area (Å²) in [5.74, 6) is 5.95. The molecular formula is C10H20N4O. The number of piperazine rings is 1. The summed E-state index contributed by atoms with van der Waals surface area (Å²) in [6.07, 6.45) is 2.34. The molecule has 15 heavy (non-hydrogen) atoms. The molecule has 0 aliphatic carbocycles. The number of amides is 1. The average molecular weight is 212 g/mol. The highest BCUT2D eigenvalue weighted by atomic mass is 16.2. The van der Waals surface area contributed by atoms with Gasteiger partial charge in [0.2, 0.25) is 5.91 Å². The van der Waals surface area contributed by atoms with E-state index in [-0.39, 0.29) is 5.91 Å². The first-order valence-corrected chi connectivity index (χ1v) is 5.75. The minimum Gasteiger partial charge on any atom is -0.342 e. The number of likely N-dealkylation sites (tertiary alicyclic amines) is 1. The molecule has 0 atom stereocenters. The fraction of sp³-hybridized carbons (Fsp3) is 0.900. The molecule has 0 aromatic carbocycles. The Balaban J connectivity index is 1.74. The van der Waals surface area contributed by atoms with Crippen molar-refractivity contribution in [1.82, 2.24) is 14.8 Å². The molecule has 0 saturated carbocycles. The molecular weight excluding hydrogens is 192 g/mol. The molecule has 5 heteroatoms. The topological polar surface area (TPSA) is 52.8 Å². The number of nitrogens with zero attached hydrogens (tertiary/aromatic N) is 3. The lowest BCUT2D eigenvalue weighted by Gasteiger charge is -2.32. The van der Waals surface area contributed by atoms with Crippen LogP contribution in [-0.4, -0.2) is 66.5 Å². The van der Waals surface area contributed by atoms with Gasteiger partial charge in [-0.05, 0) is 12.8 Å². The Morgan fingerprint density at radius 2 is 1.60 bits per heavy atom. The van der Waals surface area contributed by atoms with Gasteiger partial charge in [-0.15, -0.1) is 0 Å². The molecule has 2 N–H and O–H groups in total. The molecule has 0 unspecified atom stereocenters. The van der Waals surface area contributed by atoms with Crippen molar-refractivity contribution in [3.05, 3.63) is 0 Å². The van der Waals surface area contributed by atoms with E-state index in [9.17, 15) is 4.79 Å². The summed E-state index contributed by atoms with van der Waals surface area (Å²) in [4.78, 5) is 16.0. The van der Waals surface area contributed by atoms with Gasteiger partial charge in [0.1, 0.15) is 0 Å². The van der Waals surface area contributed by atoms with Gasteiger partial charge in [-0.3, -0.25) is 15.5 Å². The van der Waals surface area contributed by atoms with Crippen LogP contribution >= 0.6 is 0 Å². The Hall–Kier alpha value is -0.650. The molecule has 1 amide bonds. The summed E-state index contributed by atoms with van der Waals surface area (Å²) in [5.41, 5.74) is 0. The van der Waals surface area contributed by atoms with Gasteiger partial charge in [0.05, 0.1) is 6.54 Å². The average Bonchev–Trinajstić information content (AvgIpc) is 2.74. The highest BCUT2D eigenvalue weighted by Crippen LogP contribution is 2.08. The number of rotatable bonds is 2. The van der Waals surface area contributed by atoms with Crippen LogP contribution < -0.4 is 5.84 Å². The predicted molar refractivity (Wildman–Crippen MR) is 58.0 cm³/mol. The second-order valence-corrected chi connectivity index (χ2v) is 4.40. The van der Waals surface area contributed by atoms with Crippen molar-refractivity contribution < 1.29 is 4.79 Å². The number of hydrogen-bond donors (Lipinski definition) is 1. The van der Waals surface area contributed by atoms with E-state index in [2.05, 4.69) is 4.90 Å². The summed E-state index contributed by atoms with van der Waals surface area (Å²) in [7, 11) is 0. The van der Waals surface area contributed by atoms with E-state index >= 15 is 0 Å². The summed E-state index contributed by atoms with van der Waals surface area (Å²) >= 11 is 0. The van der Waals surface area contributed by atoms with E-state index < -0.39 is 0 Å². The Kier molecular flexibility index (Phi) is 3.56. The molecule has 0 radical (unpaired) electrons. The van der Waals surface area contributed by atoms with Crippen molar-refractivity contribution in [2.24, 2.45) is 5.84 Å². The lowest BCUT2D eigenvalue weighted by atomic mass is 10.3. The number of hydrazine groups is 1. The quantitative estimate of drug-likeness (QED) is 0.603. The molecule has 2 saturated heterocycles. The van der Waals surface area contributed by atoms with Crippen LogP contribution in [-0.2, 0) is 4.79 Å². The van der Waals surface area contributed by atoms with Crippen molar-refractivity contribution >= 4 is 5.91 Å². The van der Waals surface area contributed by atoms with Crippen LogP contribution in [0, 0.1) is 0 Å². The van der Waals surface area contributed by atoms with Crippen LogP contribution in [0.4, 0.5) is 0 Å². The zero-order valence-corrected chi connectivity index (χ0v) is 9.19. The second kappa shape index (κ2) is 4.92. The van der Waals surface area contributed by atoms with Gasteiger partial charge in [-0.25, -0.2) is 5.01 Å². The highest BCUT2D eigenvalue weighted by molar-refractivity contribution is 5.78. The van der Waals surface area contributed by atoms with Crippen molar-refractivity contribution in [2.75, 3.05) is 45.8 Å². The van der Waals surface area contributed by atoms with E-state index in [4.69, 9.17) is 5.84 Å². The van der Waals surface area contributed by atoms with Crippen LogP contribution in [0.2, 0.25) is 0 Å². The van der Waals surface area contributed by atoms with Gasteiger partial charge >= 0.3 is 0 Å². The SMILES string of the molecule is NN1CCN(CC(=O)N2CCCC2)CC1. The second-order valence-electron chi connectivity index (χ2n) is 4.40. The number of nitrogens with two attached hydrogens (primary N) is 1. The van der Waals surface area contributed by atoms with E-state index in [1.807, 2.05) is 9.91 Å². The zero-order chi connectivity index (χ0) is 10.7. The minimum atomic E-state index is 0.290. The van der Waals surface area contributed by atoms with E-state index in [1.165, 1.54) is 12.8 Å². The minimum absolute atomic E-state index is 0.290. The van der Waals surface area contributed by atoms with E-state index in [1.54, 1.807) is 0 Å². The monoisotopic (exact) mass is 212 g/mol. The fourth-order valence-corrected chi connectivity index (χ4v) is 2.18. The van der Waals surface area contributed by atoms with Crippen LogP contribution in [0.3, 0.4) is 0 Å². The molecule has 0 bridgehead atoms. The first-order valence-electron chi connectivity index (χ1n) is 5.75. The van der Waals surface area contributed by atoms with Crippen molar-refractivity contribution in [2.45, 2.75) is 12.8 Å². The summed E-state index contributed by atoms with van der Waals surface area (Å²) < 4.78 is 0. The molecule has 2 heterocycles. The van der Waals surface area contributed by atoms with Crippen molar-refractivity contribution in [3.8, 4) is 0 Å². The maximum Gasteiger partial charge on any atom is 0.236 e. The molecule has 2 rings (SSSR count). The first kappa shape index (κ1) is 10.9. The van der Waals surface area contributed by atoms with E-state index in [0.29, 0.717) is 6.54 Å². The number of carbonyl (C=O) groups is 1. The Morgan fingerprint density at radius 3 is 2.20 bits per heavy atom. The standard InChI is InChI=1S/C10H20N4O/c11-14-7-5-12(6-8-14)9-10(15)13-3-1-2-4-13/h1-9,11H2. The molecule has 86 valence electrons. The smallest absolute Gasteiger partial charge is 0.236 e. The molecule has 0 aromatic heterocycles. The van der Waals surface area contributed by atoms with Crippen LogP contribution in [0.1, 0.15) is 12.8 Å². The van der Waals surface area contributed by atoms with Gasteiger partial charge in [0.15, 0.2) is 0 Å². The molecule has 5 nitrogen and oxygen atoms in total. The molecule has 0 spiro atoms. The van der Waals surface area contributed by atoms with Crippen molar-refractivity contribution in [1.29, 1.82) is 0 Å². The Labute approximate surface area is 90.8 Å². The van der Waals surface area contributed by atoms with Gasteiger partial charge in [0.25, 0.3) is 0 Å². The van der Waals surface area contributed by atoms with Crippen LogP contribution in [0.5, 0.6) is 0 Å². The van der Waals surface area contributed by atoms with Crippen molar-refractivity contribution in [3.63, 3.8) is 0 Å². The Bertz CT molecular complexity index is 219. The number of carbonyl (C=O) groups excluding carboxylic acids is 1. The molecule has 0 aromatic rings. The lowest BCUT2D eigenvalue weighted by Crippen LogP contribution is -2.51. The van der Waals surface area contributed by atoms with E-state index in [0.717, 1.165) is 39.3 Å². The first-order chi connectivity index (χ1) is 7.25. The lowest BCUT2D eigenvalue weighted by molar-refractivity contribution is -0.131. The molecule has 2 aliphatic heterocycles. The maximum atomic E-state index is 11.8. The van der Waals surface area contributed by atoms with Gasteiger partial charge in [-0.2, -0.15) is 0 Å².